The van der Waals surface area contributed by atoms with Crippen LogP contribution in [0.15, 0.2) is 23.1 Å². The molecule has 5 nitrogen and oxygen atoms in total. The first-order chi connectivity index (χ1) is 9.75. The quantitative estimate of drug-likeness (QED) is 0.924. The highest BCUT2D eigenvalue weighted by molar-refractivity contribution is 7.89. The fourth-order valence-electron chi connectivity index (χ4n) is 2.82. The molecule has 1 aliphatic heterocycles. The van der Waals surface area contributed by atoms with E-state index < -0.39 is 16.0 Å². The molecule has 1 saturated heterocycles. The van der Waals surface area contributed by atoms with Crippen LogP contribution in [-0.4, -0.2) is 35.9 Å². The first kappa shape index (κ1) is 16.3. The number of carboxylic acid groups (broad SMARTS) is 1. The number of hydrogen-bond acceptors (Lipinski definition) is 3. The predicted octanol–water partition coefficient (Wildman–Crippen LogP) is 2.99. The lowest BCUT2D eigenvalue weighted by Gasteiger charge is -2.37. The molecular formula is C14H18ClNO4S. The van der Waals surface area contributed by atoms with Crippen LogP contribution in [-0.2, 0) is 10.0 Å². The summed E-state index contributed by atoms with van der Waals surface area (Å²) in [5, 5.41) is 9.11. The summed E-state index contributed by atoms with van der Waals surface area (Å²) < 4.78 is 27.0. The SMILES string of the molecule is CC1CCCC(C)N1S(=O)(=O)c1ccc(Cl)c(C(=O)O)c1. The number of carbonyl (C=O) groups is 1. The lowest BCUT2D eigenvalue weighted by molar-refractivity contribution is 0.0697. The number of sulfonamides is 1. The van der Waals surface area contributed by atoms with Gasteiger partial charge in [-0.2, -0.15) is 4.31 Å². The molecule has 2 rings (SSSR count). The van der Waals surface area contributed by atoms with Gasteiger partial charge in [0.2, 0.25) is 10.0 Å². The number of nitrogens with zero attached hydrogens (tertiary/aromatic N) is 1. The number of carboxylic acids is 1. The maximum atomic E-state index is 12.8. The Kier molecular flexibility index (Phi) is 4.60. The standard InChI is InChI=1S/C14H18ClNO4S/c1-9-4-3-5-10(2)16(9)21(19,20)11-6-7-13(15)12(8-11)14(17)18/h6-10H,3-5H2,1-2H3,(H,17,18). The van der Waals surface area contributed by atoms with Gasteiger partial charge < -0.3 is 5.11 Å². The molecule has 1 aromatic carbocycles. The minimum absolute atomic E-state index is 0.0232. The van der Waals surface area contributed by atoms with Crippen molar-refractivity contribution >= 4 is 27.6 Å². The van der Waals surface area contributed by atoms with Crippen molar-refractivity contribution in [3.63, 3.8) is 0 Å². The van der Waals surface area contributed by atoms with Crippen molar-refractivity contribution in [2.24, 2.45) is 0 Å². The van der Waals surface area contributed by atoms with Gasteiger partial charge in [-0.1, -0.05) is 18.0 Å². The van der Waals surface area contributed by atoms with Gasteiger partial charge >= 0.3 is 5.97 Å². The number of benzene rings is 1. The van der Waals surface area contributed by atoms with E-state index in [4.69, 9.17) is 16.7 Å². The Bertz CT molecular complexity index is 649. The number of halogens is 1. The van der Waals surface area contributed by atoms with Gasteiger partial charge in [0.25, 0.3) is 0 Å². The zero-order valence-electron chi connectivity index (χ0n) is 11.9. The van der Waals surface area contributed by atoms with Gasteiger partial charge in [0, 0.05) is 12.1 Å². The number of piperidine rings is 1. The van der Waals surface area contributed by atoms with Crippen LogP contribution in [0.2, 0.25) is 5.02 Å². The maximum Gasteiger partial charge on any atom is 0.337 e. The summed E-state index contributed by atoms with van der Waals surface area (Å²) in [5.41, 5.74) is -0.199. The third-order valence-corrected chi connectivity index (χ3v) is 6.31. The number of hydrogen-bond donors (Lipinski definition) is 1. The van der Waals surface area contributed by atoms with Crippen molar-refractivity contribution in [2.45, 2.75) is 50.1 Å². The van der Waals surface area contributed by atoms with Crippen LogP contribution in [0.4, 0.5) is 0 Å². The van der Waals surface area contributed by atoms with Crippen molar-refractivity contribution < 1.29 is 18.3 Å². The predicted molar refractivity (Wildman–Crippen MR) is 80.2 cm³/mol. The van der Waals surface area contributed by atoms with Crippen molar-refractivity contribution in [2.75, 3.05) is 0 Å². The lowest BCUT2D eigenvalue weighted by atomic mass is 10.0. The molecule has 0 aromatic heterocycles. The van der Waals surface area contributed by atoms with Crippen LogP contribution in [0.3, 0.4) is 0 Å². The molecule has 0 amide bonds. The highest BCUT2D eigenvalue weighted by atomic mass is 35.5. The first-order valence-electron chi connectivity index (χ1n) is 6.81. The summed E-state index contributed by atoms with van der Waals surface area (Å²) in [6.45, 7) is 3.75. The average Bonchev–Trinajstić information content (AvgIpc) is 2.38. The molecule has 0 bridgehead atoms. The Labute approximate surface area is 129 Å². The molecule has 21 heavy (non-hydrogen) atoms. The Morgan fingerprint density at radius 3 is 2.38 bits per heavy atom. The van der Waals surface area contributed by atoms with Crippen LogP contribution < -0.4 is 0 Å². The van der Waals surface area contributed by atoms with Crippen LogP contribution in [0, 0.1) is 0 Å². The molecule has 7 heteroatoms. The van der Waals surface area contributed by atoms with Gasteiger partial charge in [-0.3, -0.25) is 0 Å². The van der Waals surface area contributed by atoms with Gasteiger partial charge in [0.05, 0.1) is 15.5 Å². The van der Waals surface area contributed by atoms with Gasteiger partial charge in [0.1, 0.15) is 0 Å². The summed E-state index contributed by atoms with van der Waals surface area (Å²) in [6, 6.07) is 3.62. The van der Waals surface area contributed by atoms with Crippen LogP contribution in [0.1, 0.15) is 43.5 Å². The molecule has 0 saturated carbocycles. The summed E-state index contributed by atoms with van der Waals surface area (Å²) in [5.74, 6) is -1.24. The summed E-state index contributed by atoms with van der Waals surface area (Å²) >= 11 is 5.80. The van der Waals surface area contributed by atoms with E-state index in [1.165, 1.54) is 16.4 Å². The van der Waals surface area contributed by atoms with E-state index in [1.807, 2.05) is 13.8 Å². The second-order valence-electron chi connectivity index (χ2n) is 5.41. The van der Waals surface area contributed by atoms with E-state index in [-0.39, 0.29) is 27.6 Å². The lowest BCUT2D eigenvalue weighted by Crippen LogP contribution is -2.47. The number of rotatable bonds is 3. The Hall–Kier alpha value is -1.11. The smallest absolute Gasteiger partial charge is 0.337 e. The van der Waals surface area contributed by atoms with Gasteiger partial charge in [0.15, 0.2) is 0 Å². The number of aromatic carboxylic acids is 1. The average molecular weight is 332 g/mol. The van der Waals surface area contributed by atoms with E-state index in [9.17, 15) is 13.2 Å². The summed E-state index contributed by atoms with van der Waals surface area (Å²) in [7, 11) is -3.72. The molecule has 2 unspecified atom stereocenters. The first-order valence-corrected chi connectivity index (χ1v) is 8.63. The fourth-order valence-corrected chi connectivity index (χ4v) is 4.93. The van der Waals surface area contributed by atoms with Crippen LogP contribution in [0.25, 0.3) is 0 Å². The summed E-state index contributed by atoms with van der Waals surface area (Å²) in [4.78, 5) is 11.1. The third kappa shape index (κ3) is 3.07. The molecule has 1 heterocycles. The molecule has 0 radical (unpaired) electrons. The molecule has 116 valence electrons. The largest absolute Gasteiger partial charge is 0.478 e. The molecule has 1 N–H and O–H groups in total. The molecule has 1 fully saturated rings. The van der Waals surface area contributed by atoms with Gasteiger partial charge in [-0.25, -0.2) is 13.2 Å². The van der Waals surface area contributed by atoms with E-state index >= 15 is 0 Å². The second kappa shape index (κ2) is 5.94. The minimum atomic E-state index is -3.72. The summed E-state index contributed by atoms with van der Waals surface area (Å²) in [6.07, 6.45) is 2.61. The molecule has 2 atom stereocenters. The molecule has 0 spiro atoms. The maximum absolute atomic E-state index is 12.8. The van der Waals surface area contributed by atoms with Crippen molar-refractivity contribution in [1.82, 2.24) is 4.31 Å². The molecular weight excluding hydrogens is 314 g/mol. The monoisotopic (exact) mass is 331 g/mol. The second-order valence-corrected chi connectivity index (χ2v) is 7.66. The normalized spacial score (nSPS) is 24.0. The zero-order valence-corrected chi connectivity index (χ0v) is 13.5. The topological polar surface area (TPSA) is 74.7 Å². The van der Waals surface area contributed by atoms with Gasteiger partial charge in [-0.15, -0.1) is 0 Å². The van der Waals surface area contributed by atoms with E-state index in [1.54, 1.807) is 0 Å². The van der Waals surface area contributed by atoms with Crippen molar-refractivity contribution in [1.29, 1.82) is 0 Å². The molecule has 0 aliphatic carbocycles. The van der Waals surface area contributed by atoms with Crippen LogP contribution in [0.5, 0.6) is 0 Å². The Balaban J connectivity index is 2.48. The van der Waals surface area contributed by atoms with Crippen molar-refractivity contribution in [3.05, 3.63) is 28.8 Å². The van der Waals surface area contributed by atoms with E-state index in [2.05, 4.69) is 0 Å². The van der Waals surface area contributed by atoms with E-state index in [0.29, 0.717) is 0 Å². The van der Waals surface area contributed by atoms with Crippen molar-refractivity contribution in [3.8, 4) is 0 Å². The van der Waals surface area contributed by atoms with Crippen LogP contribution >= 0.6 is 11.6 Å². The van der Waals surface area contributed by atoms with Gasteiger partial charge in [-0.05, 0) is 44.9 Å². The third-order valence-electron chi connectivity index (χ3n) is 3.86. The minimum Gasteiger partial charge on any atom is -0.478 e. The zero-order chi connectivity index (χ0) is 15.8. The molecule has 1 aliphatic rings. The molecule has 1 aromatic rings. The highest BCUT2D eigenvalue weighted by Gasteiger charge is 2.36. The highest BCUT2D eigenvalue weighted by Crippen LogP contribution is 2.31. The van der Waals surface area contributed by atoms with E-state index in [0.717, 1.165) is 25.3 Å². The Morgan fingerprint density at radius 1 is 1.29 bits per heavy atom. The Morgan fingerprint density at radius 2 is 1.86 bits per heavy atom. The fraction of sp³-hybridized carbons (Fsp3) is 0.500.